The van der Waals surface area contributed by atoms with Crippen molar-refractivity contribution in [1.82, 2.24) is 0 Å². The van der Waals surface area contributed by atoms with Crippen LogP contribution in [0.15, 0.2) is 24.3 Å². The van der Waals surface area contributed by atoms with E-state index in [2.05, 4.69) is 5.32 Å². The van der Waals surface area contributed by atoms with Gasteiger partial charge in [0.1, 0.15) is 0 Å². The van der Waals surface area contributed by atoms with E-state index >= 15 is 0 Å². The molecule has 0 saturated heterocycles. The summed E-state index contributed by atoms with van der Waals surface area (Å²) >= 11 is 0. The van der Waals surface area contributed by atoms with E-state index in [1.807, 2.05) is 19.9 Å². The number of carbonyl (C=O) groups is 2. The van der Waals surface area contributed by atoms with Gasteiger partial charge in [-0.3, -0.25) is 4.79 Å². The topological polar surface area (TPSA) is 75.6 Å². The Morgan fingerprint density at radius 3 is 2.76 bits per heavy atom. The van der Waals surface area contributed by atoms with Crippen molar-refractivity contribution in [2.75, 3.05) is 18.5 Å². The Hall–Kier alpha value is -2.14. The van der Waals surface area contributed by atoms with E-state index in [1.54, 1.807) is 12.1 Å². The summed E-state index contributed by atoms with van der Waals surface area (Å²) in [5, 5.41) is 11.4. The van der Waals surface area contributed by atoms with Gasteiger partial charge in [-0.1, -0.05) is 6.07 Å². The van der Waals surface area contributed by atoms with Crippen LogP contribution < -0.4 is 5.32 Å². The van der Waals surface area contributed by atoms with Crippen LogP contribution in [0.5, 0.6) is 0 Å². The van der Waals surface area contributed by atoms with E-state index in [9.17, 15) is 9.59 Å². The molecule has 5 heteroatoms. The average molecular weight is 291 g/mol. The minimum absolute atomic E-state index is 0.0494. The molecule has 0 radical (unpaired) electrons. The molecule has 1 aromatic carbocycles. The number of aryl methyl sites for hydroxylation is 1. The van der Waals surface area contributed by atoms with E-state index in [0.717, 1.165) is 22.9 Å². The SMILES string of the molecule is CCOCCCC(=O)Nc1ccc(/C=C/C(=O)O)cc1C. The van der Waals surface area contributed by atoms with Crippen molar-refractivity contribution in [1.29, 1.82) is 0 Å². The van der Waals surface area contributed by atoms with Gasteiger partial charge in [0.15, 0.2) is 0 Å². The lowest BCUT2D eigenvalue weighted by atomic mass is 10.1. The van der Waals surface area contributed by atoms with E-state index < -0.39 is 5.97 Å². The molecule has 2 N–H and O–H groups in total. The molecule has 0 unspecified atom stereocenters. The minimum Gasteiger partial charge on any atom is -0.478 e. The zero-order valence-corrected chi connectivity index (χ0v) is 12.4. The predicted octanol–water partition coefficient (Wildman–Crippen LogP) is 2.85. The lowest BCUT2D eigenvalue weighted by Crippen LogP contribution is -2.13. The first kappa shape index (κ1) is 16.9. The number of carboxylic acids is 1. The molecule has 21 heavy (non-hydrogen) atoms. The van der Waals surface area contributed by atoms with Crippen LogP contribution in [-0.4, -0.2) is 30.2 Å². The largest absolute Gasteiger partial charge is 0.478 e. The molecule has 1 amide bonds. The molecule has 0 fully saturated rings. The molecule has 0 bridgehead atoms. The maximum absolute atomic E-state index is 11.8. The number of amides is 1. The standard InChI is InChI=1S/C16H21NO4/c1-3-21-10-4-5-15(18)17-14-8-6-13(11-12(14)2)7-9-16(19)20/h6-9,11H,3-5,10H2,1-2H3,(H,17,18)(H,19,20)/b9-7+. The molecular weight excluding hydrogens is 270 g/mol. The molecule has 0 spiro atoms. The molecule has 0 aliphatic heterocycles. The zero-order chi connectivity index (χ0) is 15.7. The van der Waals surface area contributed by atoms with Crippen molar-refractivity contribution in [3.8, 4) is 0 Å². The van der Waals surface area contributed by atoms with Crippen LogP contribution in [0.3, 0.4) is 0 Å². The number of aliphatic carboxylic acids is 1. The lowest BCUT2D eigenvalue weighted by molar-refractivity contribution is -0.131. The highest BCUT2D eigenvalue weighted by Crippen LogP contribution is 2.17. The van der Waals surface area contributed by atoms with Crippen molar-refractivity contribution >= 4 is 23.6 Å². The summed E-state index contributed by atoms with van der Waals surface area (Å²) in [5.41, 5.74) is 2.41. The molecule has 0 saturated carbocycles. The van der Waals surface area contributed by atoms with Crippen molar-refractivity contribution in [3.63, 3.8) is 0 Å². The number of benzene rings is 1. The number of hydrogen-bond donors (Lipinski definition) is 2. The van der Waals surface area contributed by atoms with Crippen molar-refractivity contribution in [3.05, 3.63) is 35.4 Å². The third kappa shape index (κ3) is 6.72. The van der Waals surface area contributed by atoms with Gasteiger partial charge < -0.3 is 15.2 Å². The Balaban J connectivity index is 2.56. The Bertz CT molecular complexity index is 523. The van der Waals surface area contributed by atoms with Gasteiger partial charge >= 0.3 is 5.97 Å². The van der Waals surface area contributed by atoms with Gasteiger partial charge in [-0.05, 0) is 49.6 Å². The van der Waals surface area contributed by atoms with Gasteiger partial charge in [-0.25, -0.2) is 4.79 Å². The Morgan fingerprint density at radius 2 is 2.14 bits per heavy atom. The summed E-state index contributed by atoms with van der Waals surface area (Å²) in [6, 6.07) is 5.37. The lowest BCUT2D eigenvalue weighted by Gasteiger charge is -2.09. The number of ether oxygens (including phenoxy) is 1. The first-order valence-electron chi connectivity index (χ1n) is 6.92. The summed E-state index contributed by atoms with van der Waals surface area (Å²) in [6.45, 7) is 5.03. The van der Waals surface area contributed by atoms with Crippen LogP contribution in [0.25, 0.3) is 6.08 Å². The Labute approximate surface area is 124 Å². The van der Waals surface area contributed by atoms with Gasteiger partial charge in [0.25, 0.3) is 0 Å². The second-order valence-corrected chi connectivity index (χ2v) is 4.59. The summed E-state index contributed by atoms with van der Waals surface area (Å²) in [7, 11) is 0. The first-order valence-corrected chi connectivity index (χ1v) is 6.92. The quantitative estimate of drug-likeness (QED) is 0.570. The van der Waals surface area contributed by atoms with Crippen molar-refractivity contribution < 1.29 is 19.4 Å². The molecule has 1 aromatic rings. The van der Waals surface area contributed by atoms with E-state index in [0.29, 0.717) is 26.1 Å². The van der Waals surface area contributed by atoms with Crippen LogP contribution in [-0.2, 0) is 14.3 Å². The Kier molecular flexibility index (Phi) is 7.18. The summed E-state index contributed by atoms with van der Waals surface area (Å²) in [5.74, 6) is -1.04. The maximum atomic E-state index is 11.8. The van der Waals surface area contributed by atoms with E-state index in [1.165, 1.54) is 6.08 Å². The Morgan fingerprint density at radius 1 is 1.38 bits per heavy atom. The molecule has 0 heterocycles. The monoisotopic (exact) mass is 291 g/mol. The number of carboxylic acid groups (broad SMARTS) is 1. The molecule has 1 rings (SSSR count). The van der Waals surface area contributed by atoms with Gasteiger partial charge in [0.2, 0.25) is 5.91 Å². The average Bonchev–Trinajstić information content (AvgIpc) is 2.44. The number of anilines is 1. The van der Waals surface area contributed by atoms with Gasteiger partial charge in [0, 0.05) is 31.4 Å². The third-order valence-electron chi connectivity index (χ3n) is 2.84. The van der Waals surface area contributed by atoms with E-state index in [4.69, 9.17) is 9.84 Å². The molecule has 0 aliphatic carbocycles. The van der Waals surface area contributed by atoms with Crippen LogP contribution in [0.4, 0.5) is 5.69 Å². The van der Waals surface area contributed by atoms with Gasteiger partial charge in [-0.2, -0.15) is 0 Å². The van der Waals surface area contributed by atoms with Crippen LogP contribution in [0.2, 0.25) is 0 Å². The number of hydrogen-bond acceptors (Lipinski definition) is 3. The maximum Gasteiger partial charge on any atom is 0.328 e. The second kappa shape index (κ2) is 8.92. The van der Waals surface area contributed by atoms with E-state index in [-0.39, 0.29) is 5.91 Å². The van der Waals surface area contributed by atoms with Crippen LogP contribution in [0, 0.1) is 6.92 Å². The molecule has 0 atom stereocenters. The summed E-state index contributed by atoms with van der Waals surface area (Å²) in [4.78, 5) is 22.2. The second-order valence-electron chi connectivity index (χ2n) is 4.59. The number of carbonyl (C=O) groups excluding carboxylic acids is 1. The fourth-order valence-electron chi connectivity index (χ4n) is 1.79. The molecule has 114 valence electrons. The number of nitrogens with one attached hydrogen (secondary N) is 1. The van der Waals surface area contributed by atoms with Crippen LogP contribution in [0.1, 0.15) is 30.9 Å². The van der Waals surface area contributed by atoms with Crippen molar-refractivity contribution in [2.24, 2.45) is 0 Å². The molecule has 0 aliphatic rings. The predicted molar refractivity (Wildman–Crippen MR) is 82.2 cm³/mol. The number of rotatable bonds is 8. The highest BCUT2D eigenvalue weighted by Gasteiger charge is 2.05. The van der Waals surface area contributed by atoms with Crippen molar-refractivity contribution in [2.45, 2.75) is 26.7 Å². The third-order valence-corrected chi connectivity index (χ3v) is 2.84. The highest BCUT2D eigenvalue weighted by molar-refractivity contribution is 5.91. The highest BCUT2D eigenvalue weighted by atomic mass is 16.5. The molecule has 0 aromatic heterocycles. The zero-order valence-electron chi connectivity index (χ0n) is 12.4. The first-order chi connectivity index (χ1) is 10.0. The summed E-state index contributed by atoms with van der Waals surface area (Å²) < 4.78 is 5.18. The fourth-order valence-corrected chi connectivity index (χ4v) is 1.79. The van der Waals surface area contributed by atoms with Gasteiger partial charge in [0.05, 0.1) is 0 Å². The summed E-state index contributed by atoms with van der Waals surface area (Å²) in [6.07, 6.45) is 3.71. The minimum atomic E-state index is -0.987. The molecule has 5 nitrogen and oxygen atoms in total. The molecular formula is C16H21NO4. The smallest absolute Gasteiger partial charge is 0.328 e. The van der Waals surface area contributed by atoms with Gasteiger partial charge in [-0.15, -0.1) is 0 Å². The fraction of sp³-hybridized carbons (Fsp3) is 0.375. The normalized spacial score (nSPS) is 10.8. The van der Waals surface area contributed by atoms with Crippen LogP contribution >= 0.6 is 0 Å².